The highest BCUT2D eigenvalue weighted by Gasteiger charge is 2.34. The lowest BCUT2D eigenvalue weighted by Gasteiger charge is -2.40. The topological polar surface area (TPSA) is 121 Å². The highest BCUT2D eigenvalue weighted by Crippen LogP contribution is 2.39. The summed E-state index contributed by atoms with van der Waals surface area (Å²) in [6.07, 6.45) is 1.65. The summed E-state index contributed by atoms with van der Waals surface area (Å²) < 4.78 is 15.3. The first-order chi connectivity index (χ1) is 27.0. The molecule has 3 heterocycles. The minimum atomic E-state index is -0.567. The summed E-state index contributed by atoms with van der Waals surface area (Å²) in [6.45, 7) is 3.35. The van der Waals surface area contributed by atoms with Gasteiger partial charge in [-0.2, -0.15) is 0 Å². The van der Waals surface area contributed by atoms with Gasteiger partial charge in [0.15, 0.2) is 6.29 Å². The molecule has 3 unspecified atom stereocenters. The lowest BCUT2D eigenvalue weighted by atomic mass is 9.97. The van der Waals surface area contributed by atoms with Crippen LogP contribution >= 0.6 is 0 Å². The Bertz CT molecular complexity index is 2240. The van der Waals surface area contributed by atoms with E-state index < -0.39 is 6.29 Å². The molecule has 0 saturated carbocycles. The normalized spacial score (nSPS) is 19.3. The summed E-state index contributed by atoms with van der Waals surface area (Å²) in [4.78, 5) is 31.0. The number of ether oxygens (including phenoxy) is 2. The van der Waals surface area contributed by atoms with Crippen molar-refractivity contribution in [2.24, 2.45) is 0 Å². The molecule has 55 heavy (non-hydrogen) atoms. The SMILES string of the molecule is O=C(NCc1ccccc1)NCc1ccccc1-c1ccc(C2OC(CN3CCC(n4c(=O)[nH]c5ccccc54)CC3)CC(c3ccc(CO)cc3)O2)cc1. The Kier molecular flexibility index (Phi) is 11.2. The fourth-order valence-electron chi connectivity index (χ4n) is 7.91. The summed E-state index contributed by atoms with van der Waals surface area (Å²) in [5, 5.41) is 15.6. The number of fused-ring (bicyclic) bond motifs is 1. The van der Waals surface area contributed by atoms with Crippen LogP contribution in [0.4, 0.5) is 4.79 Å². The Hall–Kier alpha value is -5.52. The monoisotopic (exact) mass is 737 g/mol. The zero-order valence-electron chi connectivity index (χ0n) is 30.8. The summed E-state index contributed by atoms with van der Waals surface area (Å²) in [7, 11) is 0. The van der Waals surface area contributed by atoms with Gasteiger partial charge in [0, 0.05) is 50.7 Å². The van der Waals surface area contributed by atoms with Crippen LogP contribution in [0.1, 0.15) is 65.5 Å². The third-order valence-corrected chi connectivity index (χ3v) is 10.9. The number of aliphatic hydroxyl groups excluding tert-OH is 1. The lowest BCUT2D eigenvalue weighted by Crippen LogP contribution is -2.43. The third-order valence-electron chi connectivity index (χ3n) is 10.9. The van der Waals surface area contributed by atoms with Crippen molar-refractivity contribution >= 4 is 17.1 Å². The minimum Gasteiger partial charge on any atom is -0.392 e. The summed E-state index contributed by atoms with van der Waals surface area (Å²) in [5.41, 5.74) is 8.78. The number of urea groups is 1. The van der Waals surface area contributed by atoms with Gasteiger partial charge in [0.2, 0.25) is 0 Å². The van der Waals surface area contributed by atoms with Crippen LogP contribution in [0.25, 0.3) is 22.2 Å². The summed E-state index contributed by atoms with van der Waals surface area (Å²) >= 11 is 0. The number of likely N-dealkylation sites (tertiary alicyclic amines) is 1. The molecule has 8 rings (SSSR count). The van der Waals surface area contributed by atoms with E-state index in [2.05, 4.69) is 50.8 Å². The molecule has 2 aliphatic rings. The van der Waals surface area contributed by atoms with Crippen LogP contribution in [0.2, 0.25) is 0 Å². The number of nitrogens with one attached hydrogen (secondary N) is 3. The number of H-pyrrole nitrogens is 1. The number of imidazole rings is 1. The van der Waals surface area contributed by atoms with Gasteiger partial charge in [0.1, 0.15) is 0 Å². The number of aromatic amines is 1. The number of nitrogens with zero attached hydrogens (tertiary/aromatic N) is 2. The number of carbonyl (C=O) groups excluding carboxylic acids is 1. The number of rotatable bonds is 11. The van der Waals surface area contributed by atoms with Crippen LogP contribution in [0.15, 0.2) is 132 Å². The minimum absolute atomic E-state index is 0.00616. The number of aliphatic hydroxyl groups is 1. The highest BCUT2D eigenvalue weighted by molar-refractivity contribution is 5.75. The molecule has 2 amide bonds. The predicted octanol–water partition coefficient (Wildman–Crippen LogP) is 7.37. The molecule has 282 valence electrons. The zero-order chi connectivity index (χ0) is 37.6. The highest BCUT2D eigenvalue weighted by atomic mass is 16.7. The largest absolute Gasteiger partial charge is 0.392 e. The van der Waals surface area contributed by atoms with E-state index in [1.54, 1.807) is 0 Å². The molecule has 0 bridgehead atoms. The zero-order valence-corrected chi connectivity index (χ0v) is 30.8. The van der Waals surface area contributed by atoms with Gasteiger partial charge in [-0.1, -0.05) is 115 Å². The van der Waals surface area contributed by atoms with Gasteiger partial charge in [-0.3, -0.25) is 4.57 Å². The maximum Gasteiger partial charge on any atom is 0.326 e. The number of benzene rings is 5. The maximum absolute atomic E-state index is 12.9. The van der Waals surface area contributed by atoms with Crippen LogP contribution in [-0.4, -0.2) is 51.3 Å². The van der Waals surface area contributed by atoms with Gasteiger partial charge in [0.25, 0.3) is 0 Å². The van der Waals surface area contributed by atoms with Crippen LogP contribution in [0, 0.1) is 0 Å². The number of para-hydroxylation sites is 2. The van der Waals surface area contributed by atoms with E-state index in [9.17, 15) is 14.7 Å². The Morgan fingerprint density at radius 1 is 0.745 bits per heavy atom. The Morgan fingerprint density at radius 2 is 1.44 bits per heavy atom. The van der Waals surface area contributed by atoms with Crippen molar-refractivity contribution in [2.75, 3.05) is 19.6 Å². The van der Waals surface area contributed by atoms with Crippen molar-refractivity contribution in [3.63, 3.8) is 0 Å². The molecule has 10 heteroatoms. The fourth-order valence-corrected chi connectivity index (χ4v) is 7.91. The van der Waals surface area contributed by atoms with Gasteiger partial charge in [-0.05, 0) is 58.4 Å². The first-order valence-corrected chi connectivity index (χ1v) is 19.2. The van der Waals surface area contributed by atoms with Gasteiger partial charge < -0.3 is 35.1 Å². The van der Waals surface area contributed by atoms with E-state index in [0.29, 0.717) is 19.5 Å². The molecule has 1 aromatic heterocycles. The molecule has 0 aliphatic carbocycles. The Morgan fingerprint density at radius 3 is 2.22 bits per heavy atom. The van der Waals surface area contributed by atoms with Crippen LogP contribution < -0.4 is 16.3 Å². The molecule has 10 nitrogen and oxygen atoms in total. The van der Waals surface area contributed by atoms with E-state index in [1.165, 1.54) is 0 Å². The molecule has 2 saturated heterocycles. The molecule has 5 aromatic carbocycles. The number of piperidine rings is 1. The van der Waals surface area contributed by atoms with Crippen LogP contribution in [-0.2, 0) is 29.2 Å². The molecule has 6 aromatic rings. The van der Waals surface area contributed by atoms with Crippen molar-refractivity contribution in [3.05, 3.63) is 166 Å². The van der Waals surface area contributed by atoms with Crippen molar-refractivity contribution in [3.8, 4) is 11.1 Å². The molecular formula is C45H47N5O5. The van der Waals surface area contributed by atoms with Crippen LogP contribution in [0.5, 0.6) is 0 Å². The van der Waals surface area contributed by atoms with E-state index in [4.69, 9.17) is 9.47 Å². The third kappa shape index (κ3) is 8.58. The molecule has 0 spiro atoms. The molecule has 3 atom stereocenters. The fraction of sp³-hybridized carbons (Fsp3) is 0.289. The Balaban J connectivity index is 0.942. The first-order valence-electron chi connectivity index (χ1n) is 19.2. The quantitative estimate of drug-likeness (QED) is 0.110. The van der Waals surface area contributed by atoms with Crippen LogP contribution in [0.3, 0.4) is 0 Å². The standard InChI is InChI=1S/C45H47N5O5/c51-30-32-14-16-34(17-15-32)42-26-38(29-49-24-22-37(23-25-49)50-41-13-7-6-12-40(41)48-45(50)53)54-43(55-42)35-20-18-33(19-21-35)39-11-5-4-10-36(39)28-47-44(52)46-27-31-8-2-1-3-9-31/h1-21,37-38,42-43,51H,22-30H2,(H,48,53)(H2,46,47,52). The van der Waals surface area contributed by atoms with Gasteiger partial charge >= 0.3 is 11.7 Å². The van der Waals surface area contributed by atoms with Crippen molar-refractivity contribution < 1.29 is 19.4 Å². The number of amides is 2. The first kappa shape index (κ1) is 36.5. The van der Waals surface area contributed by atoms with Gasteiger partial charge in [-0.25, -0.2) is 9.59 Å². The second-order valence-corrected chi connectivity index (χ2v) is 14.5. The molecular weight excluding hydrogens is 691 g/mol. The molecule has 0 radical (unpaired) electrons. The second kappa shape index (κ2) is 16.9. The summed E-state index contributed by atoms with van der Waals surface area (Å²) in [6, 6.07) is 42.0. The molecule has 2 fully saturated rings. The predicted molar refractivity (Wildman–Crippen MR) is 213 cm³/mol. The van der Waals surface area contributed by atoms with Gasteiger partial charge in [-0.15, -0.1) is 0 Å². The number of aromatic nitrogens is 2. The van der Waals surface area contributed by atoms with Crippen molar-refractivity contribution in [2.45, 2.75) is 63.5 Å². The van der Waals surface area contributed by atoms with Crippen molar-refractivity contribution in [1.29, 1.82) is 0 Å². The maximum atomic E-state index is 12.9. The number of hydrogen-bond donors (Lipinski definition) is 4. The van der Waals surface area contributed by atoms with E-state index in [1.807, 2.05) is 102 Å². The average molecular weight is 738 g/mol. The Labute approximate surface area is 320 Å². The van der Waals surface area contributed by atoms with Gasteiger partial charge in [0.05, 0.1) is 29.8 Å². The lowest BCUT2D eigenvalue weighted by molar-refractivity contribution is -0.253. The van der Waals surface area contributed by atoms with Crippen molar-refractivity contribution in [1.82, 2.24) is 25.1 Å². The molecule has 2 aliphatic heterocycles. The number of carbonyl (C=O) groups is 1. The molecule has 4 N–H and O–H groups in total. The smallest absolute Gasteiger partial charge is 0.326 e. The van der Waals surface area contributed by atoms with E-state index >= 15 is 0 Å². The second-order valence-electron chi connectivity index (χ2n) is 14.5. The number of hydrogen-bond acceptors (Lipinski definition) is 6. The average Bonchev–Trinajstić information content (AvgIpc) is 3.58. The van der Waals surface area contributed by atoms with E-state index in [-0.39, 0.29) is 36.6 Å². The summed E-state index contributed by atoms with van der Waals surface area (Å²) in [5.74, 6) is 0. The van der Waals surface area contributed by atoms with E-state index in [0.717, 1.165) is 82.5 Å².